The van der Waals surface area contributed by atoms with E-state index in [9.17, 15) is 4.79 Å². The van der Waals surface area contributed by atoms with E-state index in [1.54, 1.807) is 10.9 Å². The van der Waals surface area contributed by atoms with E-state index in [2.05, 4.69) is 5.10 Å². The van der Waals surface area contributed by atoms with Gasteiger partial charge in [0, 0.05) is 35.2 Å². The van der Waals surface area contributed by atoms with Crippen LogP contribution in [-0.2, 0) is 13.0 Å². The molecule has 0 amide bonds. The monoisotopic (exact) mass is 272 g/mol. The molecule has 0 N–H and O–H groups in total. The van der Waals surface area contributed by atoms with Crippen molar-refractivity contribution in [1.82, 2.24) is 9.78 Å². The number of halogens is 1. The summed E-state index contributed by atoms with van der Waals surface area (Å²) < 4.78 is 1.78. The van der Waals surface area contributed by atoms with Crippen molar-refractivity contribution < 1.29 is 4.79 Å². The Kier molecular flexibility index (Phi) is 3.22. The van der Waals surface area contributed by atoms with Crippen LogP contribution in [0.4, 0.5) is 0 Å². The van der Waals surface area contributed by atoms with E-state index in [0.717, 1.165) is 22.3 Å². The van der Waals surface area contributed by atoms with Gasteiger partial charge in [-0.05, 0) is 11.6 Å². The number of allylic oxidation sites excluding steroid dienone is 1. The average molecular weight is 273 g/mol. The Labute approximate surface area is 116 Å². The quantitative estimate of drug-likeness (QED) is 0.636. The maximum atomic E-state index is 12.2. The highest BCUT2D eigenvalue weighted by Crippen LogP contribution is 2.27. The van der Waals surface area contributed by atoms with Crippen LogP contribution in [0.1, 0.15) is 21.5 Å². The molecule has 0 saturated carbocycles. The van der Waals surface area contributed by atoms with Gasteiger partial charge >= 0.3 is 0 Å². The summed E-state index contributed by atoms with van der Waals surface area (Å²) in [4.78, 5) is 12.2. The minimum Gasteiger partial charge on any atom is -0.289 e. The third kappa shape index (κ3) is 2.34. The van der Waals surface area contributed by atoms with Crippen LogP contribution < -0.4 is 0 Å². The van der Waals surface area contributed by atoms with Crippen molar-refractivity contribution >= 4 is 23.5 Å². The molecule has 0 bridgehead atoms. The molecule has 0 fully saturated rings. The Bertz CT molecular complexity index is 658. The molecule has 0 spiro atoms. The molecule has 0 unspecified atom stereocenters. The molecule has 96 valence electrons. The van der Waals surface area contributed by atoms with Crippen LogP contribution in [0, 0.1) is 0 Å². The van der Waals surface area contributed by atoms with E-state index in [0.29, 0.717) is 18.8 Å². The Morgan fingerprint density at radius 2 is 2.21 bits per heavy atom. The molecule has 2 aromatic rings. The number of rotatable bonds is 3. The summed E-state index contributed by atoms with van der Waals surface area (Å²) in [7, 11) is 0. The summed E-state index contributed by atoms with van der Waals surface area (Å²) in [6, 6.07) is 7.76. The maximum Gasteiger partial charge on any atom is 0.189 e. The molecule has 1 aliphatic carbocycles. The fourth-order valence-corrected chi connectivity index (χ4v) is 2.51. The first-order chi connectivity index (χ1) is 9.28. The van der Waals surface area contributed by atoms with Crippen molar-refractivity contribution in [3.8, 4) is 0 Å². The van der Waals surface area contributed by atoms with Gasteiger partial charge in [-0.1, -0.05) is 24.3 Å². The van der Waals surface area contributed by atoms with Gasteiger partial charge in [-0.25, -0.2) is 0 Å². The van der Waals surface area contributed by atoms with Crippen LogP contribution in [0.3, 0.4) is 0 Å². The Morgan fingerprint density at radius 1 is 1.37 bits per heavy atom. The number of hydrogen-bond donors (Lipinski definition) is 0. The summed E-state index contributed by atoms with van der Waals surface area (Å²) >= 11 is 5.67. The Hall–Kier alpha value is -1.87. The van der Waals surface area contributed by atoms with Gasteiger partial charge in [-0.3, -0.25) is 9.48 Å². The van der Waals surface area contributed by atoms with Crippen LogP contribution in [0.25, 0.3) is 6.08 Å². The largest absolute Gasteiger partial charge is 0.289 e. The zero-order valence-electron chi connectivity index (χ0n) is 10.3. The van der Waals surface area contributed by atoms with Gasteiger partial charge in [-0.15, -0.1) is 11.6 Å². The zero-order chi connectivity index (χ0) is 13.2. The predicted octanol–water partition coefficient (Wildman–Crippen LogP) is 2.94. The summed E-state index contributed by atoms with van der Waals surface area (Å²) in [6.07, 6.45) is 6.29. The van der Waals surface area contributed by atoms with Gasteiger partial charge in [0.1, 0.15) is 0 Å². The molecule has 1 aromatic heterocycles. The molecule has 0 atom stereocenters. The molecule has 4 heteroatoms. The van der Waals surface area contributed by atoms with E-state index in [1.165, 1.54) is 0 Å². The fourth-order valence-electron chi connectivity index (χ4n) is 2.34. The van der Waals surface area contributed by atoms with Crippen LogP contribution in [0.2, 0.25) is 0 Å². The summed E-state index contributed by atoms with van der Waals surface area (Å²) in [5, 5.41) is 4.20. The van der Waals surface area contributed by atoms with Gasteiger partial charge in [-0.2, -0.15) is 5.10 Å². The number of Topliss-reactive ketones (excluding diaryl/α,β-unsaturated/α-hetero) is 1. The lowest BCUT2D eigenvalue weighted by Crippen LogP contribution is -1.98. The van der Waals surface area contributed by atoms with Crippen molar-refractivity contribution in [3.05, 3.63) is 58.9 Å². The first-order valence-electron chi connectivity index (χ1n) is 6.19. The zero-order valence-corrected chi connectivity index (χ0v) is 11.1. The van der Waals surface area contributed by atoms with Crippen molar-refractivity contribution in [2.24, 2.45) is 0 Å². The van der Waals surface area contributed by atoms with E-state index in [4.69, 9.17) is 11.6 Å². The van der Waals surface area contributed by atoms with E-state index >= 15 is 0 Å². The van der Waals surface area contributed by atoms with Crippen molar-refractivity contribution in [2.75, 3.05) is 5.88 Å². The number of fused-ring (bicyclic) bond motifs is 1. The van der Waals surface area contributed by atoms with E-state index in [1.807, 2.05) is 36.5 Å². The molecule has 1 heterocycles. The molecule has 19 heavy (non-hydrogen) atoms. The maximum absolute atomic E-state index is 12.2. The first kappa shape index (κ1) is 12.2. The predicted molar refractivity (Wildman–Crippen MR) is 75.4 cm³/mol. The standard InChI is InChI=1S/C15H13ClN2O/c16-5-6-18-10-11(9-17-18)7-13-8-12-3-1-2-4-14(12)15(13)19/h1-4,7,9-10H,5-6,8H2/b13-7+. The number of carbonyl (C=O) groups is 1. The lowest BCUT2D eigenvalue weighted by Gasteiger charge is -1.94. The van der Waals surface area contributed by atoms with Crippen LogP contribution >= 0.6 is 11.6 Å². The van der Waals surface area contributed by atoms with Gasteiger partial charge < -0.3 is 0 Å². The average Bonchev–Trinajstić information content (AvgIpc) is 2.97. The number of nitrogens with zero attached hydrogens (tertiary/aromatic N) is 2. The second kappa shape index (κ2) is 5.02. The third-order valence-electron chi connectivity index (χ3n) is 3.24. The molecule has 3 nitrogen and oxygen atoms in total. The smallest absolute Gasteiger partial charge is 0.189 e. The molecular weight excluding hydrogens is 260 g/mol. The van der Waals surface area contributed by atoms with Crippen LogP contribution in [0.5, 0.6) is 0 Å². The summed E-state index contributed by atoms with van der Waals surface area (Å²) in [5.74, 6) is 0.655. The van der Waals surface area contributed by atoms with Gasteiger partial charge in [0.15, 0.2) is 5.78 Å². The van der Waals surface area contributed by atoms with Gasteiger partial charge in [0.25, 0.3) is 0 Å². The fraction of sp³-hybridized carbons (Fsp3) is 0.200. The second-order valence-electron chi connectivity index (χ2n) is 4.56. The van der Waals surface area contributed by atoms with Crippen molar-refractivity contribution in [2.45, 2.75) is 13.0 Å². The van der Waals surface area contributed by atoms with E-state index in [-0.39, 0.29) is 5.78 Å². The number of aromatic nitrogens is 2. The number of alkyl halides is 1. The third-order valence-corrected chi connectivity index (χ3v) is 3.41. The molecule has 1 aliphatic rings. The molecule has 3 rings (SSSR count). The summed E-state index contributed by atoms with van der Waals surface area (Å²) in [5.41, 5.74) is 3.70. The molecule has 0 aliphatic heterocycles. The highest BCUT2D eigenvalue weighted by molar-refractivity contribution is 6.17. The normalized spacial score (nSPS) is 16.1. The van der Waals surface area contributed by atoms with Crippen LogP contribution in [-0.4, -0.2) is 21.4 Å². The highest BCUT2D eigenvalue weighted by Gasteiger charge is 2.23. The van der Waals surface area contributed by atoms with Crippen molar-refractivity contribution in [1.29, 1.82) is 0 Å². The van der Waals surface area contributed by atoms with Gasteiger partial charge in [0.2, 0.25) is 0 Å². The lowest BCUT2D eigenvalue weighted by molar-refractivity contribution is 0.104. The SMILES string of the molecule is O=C1/C(=C/c2cnn(CCCl)c2)Cc2ccccc21. The number of benzene rings is 1. The highest BCUT2D eigenvalue weighted by atomic mass is 35.5. The Balaban J connectivity index is 1.87. The number of ketones is 1. The number of aryl methyl sites for hydroxylation is 1. The first-order valence-corrected chi connectivity index (χ1v) is 6.73. The topological polar surface area (TPSA) is 34.9 Å². The number of hydrogen-bond acceptors (Lipinski definition) is 2. The minimum atomic E-state index is 0.126. The van der Waals surface area contributed by atoms with Crippen LogP contribution in [0.15, 0.2) is 42.2 Å². The second-order valence-corrected chi connectivity index (χ2v) is 4.94. The molecular formula is C15H13ClN2O. The Morgan fingerprint density at radius 3 is 3.00 bits per heavy atom. The minimum absolute atomic E-state index is 0.126. The van der Waals surface area contributed by atoms with Crippen molar-refractivity contribution in [3.63, 3.8) is 0 Å². The lowest BCUT2D eigenvalue weighted by atomic mass is 10.1. The summed E-state index contributed by atoms with van der Waals surface area (Å²) in [6.45, 7) is 0.679. The number of carbonyl (C=O) groups excluding carboxylic acids is 1. The van der Waals surface area contributed by atoms with E-state index < -0.39 is 0 Å². The molecule has 1 aromatic carbocycles. The molecule has 0 radical (unpaired) electrons. The molecule has 0 saturated heterocycles. The van der Waals surface area contributed by atoms with Gasteiger partial charge in [0.05, 0.1) is 12.7 Å².